The standard InChI is InChI=1S/C47H82N2O2/c1-3-5-7-9-11-13-15-17-19-21-23-25-27-29-31-35-39-49(47(51)44-41-45(48)42-37-33-34-38-43(42)46(44)50)40-36-32-30-28-26-24-22-20-18-16-14-12-10-8-6-4-2/h33-34,37-38,41,50H,3-32,35-36,39-40,48H2,1-2H3. The summed E-state index contributed by atoms with van der Waals surface area (Å²) in [5.41, 5.74) is 7.26. The number of phenols is 1. The number of nitrogen functional groups attached to an aromatic ring is 1. The van der Waals surface area contributed by atoms with Gasteiger partial charge in [0, 0.05) is 29.5 Å². The number of anilines is 1. The first-order chi connectivity index (χ1) is 25.1. The van der Waals surface area contributed by atoms with Crippen LogP contribution in [0.5, 0.6) is 5.75 Å². The predicted molar refractivity (Wildman–Crippen MR) is 225 cm³/mol. The molecule has 51 heavy (non-hydrogen) atoms. The number of hydrogen-bond donors (Lipinski definition) is 2. The van der Waals surface area contributed by atoms with Gasteiger partial charge in [0.1, 0.15) is 5.75 Å². The molecule has 2 aromatic carbocycles. The van der Waals surface area contributed by atoms with E-state index >= 15 is 0 Å². The Kier molecular flexibility index (Phi) is 27.6. The van der Waals surface area contributed by atoms with Crippen molar-refractivity contribution in [2.45, 2.75) is 219 Å². The summed E-state index contributed by atoms with van der Waals surface area (Å²) in [5.74, 6) is -0.0133. The Morgan fingerprint density at radius 2 is 0.784 bits per heavy atom. The Labute approximate surface area is 316 Å². The van der Waals surface area contributed by atoms with Gasteiger partial charge in [0.25, 0.3) is 5.91 Å². The average molecular weight is 707 g/mol. The van der Waals surface area contributed by atoms with Crippen LogP contribution in [0, 0.1) is 0 Å². The monoisotopic (exact) mass is 707 g/mol. The van der Waals surface area contributed by atoms with Gasteiger partial charge in [-0.2, -0.15) is 0 Å². The summed E-state index contributed by atoms with van der Waals surface area (Å²) in [7, 11) is 0. The molecule has 0 aromatic heterocycles. The fourth-order valence-corrected chi connectivity index (χ4v) is 7.74. The molecule has 4 heteroatoms. The van der Waals surface area contributed by atoms with Gasteiger partial charge in [0.15, 0.2) is 0 Å². The van der Waals surface area contributed by atoms with Crippen molar-refractivity contribution in [3.8, 4) is 5.75 Å². The molecule has 1 amide bonds. The smallest absolute Gasteiger partial charge is 0.257 e. The number of fused-ring (bicyclic) bond motifs is 1. The first-order valence-corrected chi connectivity index (χ1v) is 22.4. The van der Waals surface area contributed by atoms with E-state index in [1.807, 2.05) is 29.2 Å². The second-order valence-corrected chi connectivity index (χ2v) is 15.8. The van der Waals surface area contributed by atoms with Crippen molar-refractivity contribution in [3.05, 3.63) is 35.9 Å². The summed E-state index contributed by atoms with van der Waals surface area (Å²) in [6.45, 7) is 6.08. The third kappa shape index (κ3) is 21.2. The van der Waals surface area contributed by atoms with E-state index in [2.05, 4.69) is 13.8 Å². The number of nitrogens with zero attached hydrogens (tertiary/aromatic N) is 1. The van der Waals surface area contributed by atoms with Crippen LogP contribution in [0.1, 0.15) is 230 Å². The van der Waals surface area contributed by atoms with Crippen LogP contribution in [0.15, 0.2) is 30.3 Å². The van der Waals surface area contributed by atoms with E-state index in [4.69, 9.17) is 5.73 Å². The number of hydrogen-bond acceptors (Lipinski definition) is 3. The fourth-order valence-electron chi connectivity index (χ4n) is 7.74. The number of carbonyl (C=O) groups is 1. The first-order valence-electron chi connectivity index (χ1n) is 22.4. The maximum atomic E-state index is 13.9. The quantitative estimate of drug-likeness (QED) is 0.0426. The summed E-state index contributed by atoms with van der Waals surface area (Å²) in [4.78, 5) is 15.9. The predicted octanol–water partition coefficient (Wildman–Crippen LogP) is 15.1. The van der Waals surface area contributed by atoms with E-state index in [-0.39, 0.29) is 11.7 Å². The highest BCUT2D eigenvalue weighted by atomic mass is 16.3. The van der Waals surface area contributed by atoms with Crippen LogP contribution in [0.2, 0.25) is 0 Å². The second kappa shape index (κ2) is 31.3. The number of phenolic OH excluding ortho intramolecular Hbond substituents is 1. The minimum Gasteiger partial charge on any atom is -0.506 e. The maximum absolute atomic E-state index is 13.9. The molecule has 0 aliphatic heterocycles. The van der Waals surface area contributed by atoms with Crippen LogP contribution >= 0.6 is 0 Å². The molecule has 0 aliphatic rings. The highest BCUT2D eigenvalue weighted by Gasteiger charge is 2.21. The van der Waals surface area contributed by atoms with Crippen LogP contribution in [0.4, 0.5) is 5.69 Å². The summed E-state index contributed by atoms with van der Waals surface area (Å²) in [6.07, 6.45) is 43.0. The molecule has 0 unspecified atom stereocenters. The lowest BCUT2D eigenvalue weighted by Gasteiger charge is -2.24. The minimum atomic E-state index is -0.0770. The Morgan fingerprint density at radius 1 is 0.490 bits per heavy atom. The Bertz CT molecular complexity index is 1080. The van der Waals surface area contributed by atoms with Crippen molar-refractivity contribution in [1.29, 1.82) is 0 Å². The molecule has 0 heterocycles. The molecule has 0 spiro atoms. The second-order valence-electron chi connectivity index (χ2n) is 15.8. The molecular weight excluding hydrogens is 625 g/mol. The van der Waals surface area contributed by atoms with Gasteiger partial charge >= 0.3 is 0 Å². The van der Waals surface area contributed by atoms with Crippen molar-refractivity contribution < 1.29 is 9.90 Å². The lowest BCUT2D eigenvalue weighted by atomic mass is 10.0. The van der Waals surface area contributed by atoms with Crippen molar-refractivity contribution in [1.82, 2.24) is 4.90 Å². The third-order valence-corrected chi connectivity index (χ3v) is 11.1. The summed E-state index contributed by atoms with van der Waals surface area (Å²) < 4.78 is 0. The molecule has 0 aliphatic carbocycles. The zero-order valence-electron chi connectivity index (χ0n) is 33.8. The number of carbonyl (C=O) groups excluding carboxylic acids is 1. The van der Waals surface area contributed by atoms with Gasteiger partial charge in [0.2, 0.25) is 0 Å². The minimum absolute atomic E-state index is 0.0637. The van der Waals surface area contributed by atoms with Gasteiger partial charge in [-0.05, 0) is 18.9 Å². The largest absolute Gasteiger partial charge is 0.506 e. The molecule has 0 fully saturated rings. The van der Waals surface area contributed by atoms with E-state index in [1.165, 1.54) is 180 Å². The molecule has 292 valence electrons. The van der Waals surface area contributed by atoms with Crippen LogP contribution < -0.4 is 5.73 Å². The highest BCUT2D eigenvalue weighted by molar-refractivity contribution is 6.07. The zero-order valence-corrected chi connectivity index (χ0v) is 33.8. The van der Waals surface area contributed by atoms with Gasteiger partial charge < -0.3 is 15.7 Å². The highest BCUT2D eigenvalue weighted by Crippen LogP contribution is 2.34. The van der Waals surface area contributed by atoms with Gasteiger partial charge in [-0.25, -0.2) is 0 Å². The van der Waals surface area contributed by atoms with E-state index in [0.29, 0.717) is 16.6 Å². The van der Waals surface area contributed by atoms with Crippen LogP contribution in [-0.4, -0.2) is 29.0 Å². The Balaban J connectivity index is 1.65. The molecule has 2 aromatic rings. The maximum Gasteiger partial charge on any atom is 0.257 e. The van der Waals surface area contributed by atoms with Crippen LogP contribution in [0.3, 0.4) is 0 Å². The molecule has 2 rings (SSSR count). The van der Waals surface area contributed by atoms with Crippen molar-refractivity contribution in [2.75, 3.05) is 18.8 Å². The van der Waals surface area contributed by atoms with Crippen molar-refractivity contribution in [2.24, 2.45) is 0 Å². The van der Waals surface area contributed by atoms with Gasteiger partial charge in [-0.15, -0.1) is 0 Å². The third-order valence-electron chi connectivity index (χ3n) is 11.1. The van der Waals surface area contributed by atoms with Gasteiger partial charge in [-0.1, -0.05) is 231 Å². The van der Waals surface area contributed by atoms with E-state index < -0.39 is 0 Å². The summed E-state index contributed by atoms with van der Waals surface area (Å²) in [6, 6.07) is 9.26. The first kappa shape index (κ1) is 44.9. The van der Waals surface area contributed by atoms with E-state index in [9.17, 15) is 9.90 Å². The number of nitrogens with two attached hydrogens (primary N) is 1. The summed E-state index contributed by atoms with van der Waals surface area (Å²) >= 11 is 0. The SMILES string of the molecule is CCCCCCCCCCCCCCCCCCN(CCCCCCCCCCCCCCCCCC)C(=O)c1cc(N)c2ccccc2c1O. The molecule has 0 saturated carbocycles. The molecule has 0 bridgehead atoms. The average Bonchev–Trinajstić information content (AvgIpc) is 3.14. The lowest BCUT2D eigenvalue weighted by molar-refractivity contribution is 0.0746. The molecule has 4 nitrogen and oxygen atoms in total. The lowest BCUT2D eigenvalue weighted by Crippen LogP contribution is -2.33. The Morgan fingerprint density at radius 3 is 1.12 bits per heavy atom. The molecular formula is C47H82N2O2. The fraction of sp³-hybridized carbons (Fsp3) is 0.766. The van der Waals surface area contributed by atoms with Gasteiger partial charge in [0.05, 0.1) is 5.56 Å². The molecule has 3 N–H and O–H groups in total. The molecule has 0 atom stereocenters. The van der Waals surface area contributed by atoms with Crippen molar-refractivity contribution in [3.63, 3.8) is 0 Å². The normalized spacial score (nSPS) is 11.5. The van der Waals surface area contributed by atoms with Crippen molar-refractivity contribution >= 4 is 22.4 Å². The number of rotatable bonds is 35. The van der Waals surface area contributed by atoms with E-state index in [1.54, 1.807) is 6.07 Å². The van der Waals surface area contributed by atoms with Crippen LogP contribution in [0.25, 0.3) is 10.8 Å². The zero-order chi connectivity index (χ0) is 36.6. The molecule has 0 saturated heterocycles. The number of amides is 1. The number of aromatic hydroxyl groups is 1. The number of unbranched alkanes of at least 4 members (excludes halogenated alkanes) is 30. The topological polar surface area (TPSA) is 66.6 Å². The van der Waals surface area contributed by atoms with Gasteiger partial charge in [-0.3, -0.25) is 4.79 Å². The van der Waals surface area contributed by atoms with Crippen LogP contribution in [-0.2, 0) is 0 Å². The Hall–Kier alpha value is -2.23. The molecule has 0 radical (unpaired) electrons. The van der Waals surface area contributed by atoms with E-state index in [0.717, 1.165) is 44.2 Å². The number of benzene rings is 2. The summed E-state index contributed by atoms with van der Waals surface area (Å²) in [5, 5.41) is 12.6.